The third-order valence-corrected chi connectivity index (χ3v) is 2.88. The molecule has 0 aliphatic rings. The van der Waals surface area contributed by atoms with Crippen molar-refractivity contribution in [3.8, 4) is 11.5 Å². The number of imidazole rings is 1. The first-order valence-electron chi connectivity index (χ1n) is 5.77. The summed E-state index contributed by atoms with van der Waals surface area (Å²) in [5, 5.41) is 0. The molecule has 0 atom stereocenters. The highest BCUT2D eigenvalue weighted by Gasteiger charge is 2.07. The normalized spacial score (nSPS) is 10.8. The lowest BCUT2D eigenvalue weighted by atomic mass is 10.2. The van der Waals surface area contributed by atoms with Crippen LogP contribution in [0.3, 0.4) is 0 Å². The molecule has 0 radical (unpaired) electrons. The summed E-state index contributed by atoms with van der Waals surface area (Å²) >= 11 is 0. The fraction of sp³-hybridized carbons (Fsp3) is 0.0714. The van der Waals surface area contributed by atoms with Gasteiger partial charge in [-0.15, -0.1) is 0 Å². The molecule has 2 N–H and O–H groups in total. The second kappa shape index (κ2) is 4.28. The van der Waals surface area contributed by atoms with E-state index in [1.807, 2.05) is 17.7 Å². The predicted molar refractivity (Wildman–Crippen MR) is 71.6 cm³/mol. The molecule has 1 heterocycles. The van der Waals surface area contributed by atoms with Gasteiger partial charge in [0.15, 0.2) is 11.6 Å². The van der Waals surface area contributed by atoms with E-state index in [0.29, 0.717) is 11.4 Å². The minimum Gasteiger partial charge on any atom is -0.454 e. The summed E-state index contributed by atoms with van der Waals surface area (Å²) in [7, 11) is 1.91. The van der Waals surface area contributed by atoms with Gasteiger partial charge in [0.2, 0.25) is 0 Å². The summed E-state index contributed by atoms with van der Waals surface area (Å²) in [5.41, 5.74) is 7.65. The molecule has 5 heteroatoms. The van der Waals surface area contributed by atoms with Crippen LogP contribution in [0.15, 0.2) is 42.7 Å². The Balaban J connectivity index is 1.96. The van der Waals surface area contributed by atoms with Crippen LogP contribution in [0.1, 0.15) is 0 Å². The van der Waals surface area contributed by atoms with Crippen LogP contribution in [0, 0.1) is 5.82 Å². The molecule has 3 aromatic rings. The molecule has 0 saturated heterocycles. The van der Waals surface area contributed by atoms with Gasteiger partial charge in [-0.1, -0.05) is 0 Å². The second-order valence-corrected chi connectivity index (χ2v) is 4.30. The van der Waals surface area contributed by atoms with E-state index in [2.05, 4.69) is 4.98 Å². The van der Waals surface area contributed by atoms with E-state index in [1.165, 1.54) is 12.1 Å². The fourth-order valence-electron chi connectivity index (χ4n) is 1.91. The monoisotopic (exact) mass is 257 g/mol. The number of hydrogen-bond acceptors (Lipinski definition) is 3. The molecule has 0 unspecified atom stereocenters. The number of aromatic nitrogens is 2. The van der Waals surface area contributed by atoms with Crippen molar-refractivity contribution < 1.29 is 9.13 Å². The maximum Gasteiger partial charge on any atom is 0.167 e. The van der Waals surface area contributed by atoms with Gasteiger partial charge < -0.3 is 15.0 Å². The Kier molecular flexibility index (Phi) is 2.59. The predicted octanol–water partition coefficient (Wildman–Crippen LogP) is 3.09. The Morgan fingerprint density at radius 2 is 2.05 bits per heavy atom. The van der Waals surface area contributed by atoms with Gasteiger partial charge in [0, 0.05) is 24.9 Å². The number of nitrogens with two attached hydrogens (primary N) is 1. The molecule has 0 saturated carbocycles. The lowest BCUT2D eigenvalue weighted by molar-refractivity contribution is 0.443. The maximum absolute atomic E-state index is 13.6. The molecule has 1 aromatic heterocycles. The van der Waals surface area contributed by atoms with Gasteiger partial charge in [-0.2, -0.15) is 0 Å². The highest BCUT2D eigenvalue weighted by atomic mass is 19.1. The Bertz CT molecular complexity index is 752. The molecule has 0 bridgehead atoms. The fourth-order valence-corrected chi connectivity index (χ4v) is 1.91. The Labute approximate surface area is 109 Å². The zero-order valence-corrected chi connectivity index (χ0v) is 10.3. The van der Waals surface area contributed by atoms with Crippen molar-refractivity contribution >= 4 is 16.7 Å². The number of rotatable bonds is 2. The smallest absolute Gasteiger partial charge is 0.167 e. The number of halogens is 1. The molecule has 0 aliphatic heterocycles. The number of aryl methyl sites for hydroxylation is 1. The number of hydrogen-bond donors (Lipinski definition) is 1. The molecule has 3 rings (SSSR count). The van der Waals surface area contributed by atoms with Gasteiger partial charge in [-0.25, -0.2) is 9.37 Å². The molecule has 19 heavy (non-hydrogen) atoms. The molecule has 4 nitrogen and oxygen atoms in total. The molecule has 96 valence electrons. The summed E-state index contributed by atoms with van der Waals surface area (Å²) in [6.07, 6.45) is 1.72. The summed E-state index contributed by atoms with van der Waals surface area (Å²) in [4.78, 5) is 4.23. The van der Waals surface area contributed by atoms with E-state index in [-0.39, 0.29) is 5.75 Å². The van der Waals surface area contributed by atoms with Gasteiger partial charge in [0.25, 0.3) is 0 Å². The van der Waals surface area contributed by atoms with Crippen LogP contribution in [0.2, 0.25) is 0 Å². The van der Waals surface area contributed by atoms with Crippen LogP contribution >= 0.6 is 0 Å². The van der Waals surface area contributed by atoms with Crippen molar-refractivity contribution in [2.75, 3.05) is 5.73 Å². The lowest BCUT2D eigenvalue weighted by Crippen LogP contribution is -1.91. The summed E-state index contributed by atoms with van der Waals surface area (Å²) < 4.78 is 21.0. The number of nitrogen functional groups attached to an aromatic ring is 1. The number of fused-ring (bicyclic) bond motifs is 1. The van der Waals surface area contributed by atoms with Crippen LogP contribution in [-0.2, 0) is 7.05 Å². The van der Waals surface area contributed by atoms with E-state index in [1.54, 1.807) is 24.5 Å². The minimum absolute atomic E-state index is 0.143. The molecule has 0 amide bonds. The van der Waals surface area contributed by atoms with Crippen LogP contribution in [0.25, 0.3) is 11.0 Å². The largest absolute Gasteiger partial charge is 0.454 e. The number of anilines is 1. The number of ether oxygens (including phenoxy) is 1. The first-order chi connectivity index (χ1) is 9.13. The zero-order valence-electron chi connectivity index (χ0n) is 10.3. The number of nitrogens with zero attached hydrogens (tertiary/aromatic N) is 2. The Morgan fingerprint density at radius 3 is 2.84 bits per heavy atom. The van der Waals surface area contributed by atoms with Crippen molar-refractivity contribution in [3.05, 3.63) is 48.5 Å². The average Bonchev–Trinajstić information content (AvgIpc) is 2.74. The second-order valence-electron chi connectivity index (χ2n) is 4.30. The van der Waals surface area contributed by atoms with Crippen molar-refractivity contribution in [2.24, 2.45) is 7.05 Å². The SMILES string of the molecule is Cn1cnc2cc(Oc3ccc(N)cc3F)ccc21. The summed E-state index contributed by atoms with van der Waals surface area (Å²) in [5.74, 6) is 0.195. The highest BCUT2D eigenvalue weighted by molar-refractivity contribution is 5.77. The van der Waals surface area contributed by atoms with Crippen LogP contribution < -0.4 is 10.5 Å². The average molecular weight is 257 g/mol. The molecule has 0 spiro atoms. The maximum atomic E-state index is 13.6. The Hall–Kier alpha value is -2.56. The quantitative estimate of drug-likeness (QED) is 0.718. The first-order valence-corrected chi connectivity index (χ1v) is 5.77. The first kappa shape index (κ1) is 11.5. The van der Waals surface area contributed by atoms with Gasteiger partial charge >= 0.3 is 0 Å². The van der Waals surface area contributed by atoms with E-state index in [4.69, 9.17) is 10.5 Å². The molecule has 2 aromatic carbocycles. The molecular formula is C14H12FN3O. The third kappa shape index (κ3) is 2.10. The van der Waals surface area contributed by atoms with Crippen molar-refractivity contribution in [2.45, 2.75) is 0 Å². The zero-order chi connectivity index (χ0) is 13.4. The van der Waals surface area contributed by atoms with Crippen LogP contribution in [0.5, 0.6) is 11.5 Å². The highest BCUT2D eigenvalue weighted by Crippen LogP contribution is 2.27. The van der Waals surface area contributed by atoms with Gasteiger partial charge in [-0.3, -0.25) is 0 Å². The summed E-state index contributed by atoms with van der Waals surface area (Å²) in [6.45, 7) is 0. The van der Waals surface area contributed by atoms with Crippen molar-refractivity contribution in [3.63, 3.8) is 0 Å². The van der Waals surface area contributed by atoms with Gasteiger partial charge in [-0.05, 0) is 24.3 Å². The Morgan fingerprint density at radius 1 is 1.21 bits per heavy atom. The topological polar surface area (TPSA) is 53.1 Å². The number of benzene rings is 2. The lowest BCUT2D eigenvalue weighted by Gasteiger charge is -2.07. The van der Waals surface area contributed by atoms with Crippen molar-refractivity contribution in [1.82, 2.24) is 9.55 Å². The van der Waals surface area contributed by atoms with Gasteiger partial charge in [0.1, 0.15) is 5.75 Å². The van der Waals surface area contributed by atoms with Crippen LogP contribution in [-0.4, -0.2) is 9.55 Å². The molecule has 0 aliphatic carbocycles. The molecule has 0 fully saturated rings. The van der Waals surface area contributed by atoms with E-state index >= 15 is 0 Å². The standard InChI is InChI=1S/C14H12FN3O/c1-18-8-17-12-7-10(3-4-13(12)18)19-14-5-2-9(16)6-11(14)15/h2-8H,16H2,1H3. The summed E-state index contributed by atoms with van der Waals surface area (Å²) in [6, 6.07) is 9.76. The third-order valence-electron chi connectivity index (χ3n) is 2.88. The van der Waals surface area contributed by atoms with Crippen molar-refractivity contribution in [1.29, 1.82) is 0 Å². The van der Waals surface area contributed by atoms with Crippen LogP contribution in [0.4, 0.5) is 10.1 Å². The van der Waals surface area contributed by atoms with Gasteiger partial charge in [0.05, 0.1) is 17.4 Å². The minimum atomic E-state index is -0.485. The van der Waals surface area contributed by atoms with E-state index in [0.717, 1.165) is 11.0 Å². The molecular weight excluding hydrogens is 245 g/mol. The van der Waals surface area contributed by atoms with E-state index in [9.17, 15) is 4.39 Å². The van der Waals surface area contributed by atoms with E-state index < -0.39 is 5.82 Å².